The van der Waals surface area contributed by atoms with Crippen molar-refractivity contribution in [1.29, 1.82) is 0 Å². The van der Waals surface area contributed by atoms with E-state index >= 15 is 0 Å². The van der Waals surface area contributed by atoms with Gasteiger partial charge in [0.1, 0.15) is 19.3 Å². The molecule has 0 amide bonds. The fourth-order valence-corrected chi connectivity index (χ4v) is 9.73. The summed E-state index contributed by atoms with van der Waals surface area (Å²) < 4.78 is 55.3. The van der Waals surface area contributed by atoms with Crippen LogP contribution in [0, 0.1) is 0 Å². The van der Waals surface area contributed by atoms with Gasteiger partial charge in [0, 0.05) is 46.0 Å². The molecule has 0 bridgehead atoms. The molecule has 402 valence electrons. The van der Waals surface area contributed by atoms with Crippen molar-refractivity contribution < 1.29 is 81.9 Å². The van der Waals surface area contributed by atoms with Gasteiger partial charge in [-0.15, -0.1) is 0 Å². The summed E-state index contributed by atoms with van der Waals surface area (Å²) in [6.07, 6.45) is 1.13. The molecule has 0 aliphatic carbocycles. The van der Waals surface area contributed by atoms with Gasteiger partial charge in [-0.05, 0) is 55.7 Å². The highest BCUT2D eigenvalue weighted by Gasteiger charge is 2.50. The molecular formula is C48H51N8O18P2-. The van der Waals surface area contributed by atoms with E-state index in [1.165, 1.54) is 0 Å². The van der Waals surface area contributed by atoms with E-state index in [4.69, 9.17) is 55.1 Å². The quantitative estimate of drug-likeness (QED) is 0.0198. The van der Waals surface area contributed by atoms with Crippen molar-refractivity contribution in [3.05, 3.63) is 127 Å². The Bertz CT molecular complexity index is 3340. The van der Waals surface area contributed by atoms with Gasteiger partial charge in [-0.3, -0.25) is 28.2 Å². The van der Waals surface area contributed by atoms with Crippen LogP contribution in [-0.4, -0.2) is 83.8 Å². The summed E-state index contributed by atoms with van der Waals surface area (Å²) in [7, 11) is -9.89. The first-order chi connectivity index (χ1) is 36.0. The molecule has 4 aliphatic heterocycles. The molecule has 4 aromatic heterocycles. The number of carboxylic acid groups (broad SMARTS) is 1. The van der Waals surface area contributed by atoms with Gasteiger partial charge in [0.2, 0.25) is 0 Å². The summed E-state index contributed by atoms with van der Waals surface area (Å²) in [4.78, 5) is 113. The number of nitrogens with zero attached hydrogens (tertiary/aromatic N) is 5. The topological polar surface area (TPSA) is 409 Å². The van der Waals surface area contributed by atoms with Crippen LogP contribution < -0.4 is 38.3 Å². The van der Waals surface area contributed by atoms with Gasteiger partial charge in [0.15, 0.2) is 30.7 Å². The van der Waals surface area contributed by atoms with Crippen molar-refractivity contribution in [2.45, 2.75) is 83.1 Å². The van der Waals surface area contributed by atoms with E-state index in [-0.39, 0.29) is 59.8 Å². The van der Waals surface area contributed by atoms with Crippen LogP contribution in [0.4, 0.5) is 0 Å². The van der Waals surface area contributed by atoms with Crippen LogP contribution in [0.15, 0.2) is 87.4 Å². The average molecular weight is 1090 g/mol. The molecule has 4 aliphatic rings. The molecule has 6 aromatic rings. The molecule has 0 spiro atoms. The number of para-hydroxylation sites is 2. The number of phosphoric ester groups is 2. The lowest BCUT2D eigenvalue weighted by atomic mass is 9.85. The number of rotatable bonds is 15. The summed E-state index contributed by atoms with van der Waals surface area (Å²) in [5, 5.41) is 12.1. The number of aliphatic carboxylic acids is 1. The van der Waals surface area contributed by atoms with Crippen molar-refractivity contribution >= 4 is 61.3 Å². The number of quaternary nitrogens is 1. The first-order valence-electron chi connectivity index (χ1n) is 23.4. The Morgan fingerprint density at radius 1 is 0.776 bits per heavy atom. The van der Waals surface area contributed by atoms with Crippen molar-refractivity contribution in [3.8, 4) is 22.8 Å². The molecule has 26 nitrogen and oxygen atoms in total. The highest BCUT2D eigenvalue weighted by Crippen LogP contribution is 2.44. The Morgan fingerprint density at radius 3 is 1.63 bits per heavy atom. The third-order valence-corrected chi connectivity index (χ3v) is 14.0. The summed E-state index contributed by atoms with van der Waals surface area (Å²) >= 11 is 0. The predicted octanol–water partition coefficient (Wildman–Crippen LogP) is 0.110. The Kier molecular flexibility index (Phi) is 15.9. The smallest absolute Gasteiger partial charge is 0.471 e. The Hall–Kier alpha value is -7.06. The van der Waals surface area contributed by atoms with Crippen LogP contribution in [0.5, 0.6) is 0 Å². The molecule has 0 fully saturated rings. The minimum Gasteiger partial charge on any atom is -0.756 e. The highest BCUT2D eigenvalue weighted by molar-refractivity contribution is 7.46. The second-order valence-electron chi connectivity index (χ2n) is 17.7. The lowest BCUT2D eigenvalue weighted by Gasteiger charge is -2.36. The fraction of sp³-hybridized carbons (Fsp3) is 0.333. The molecule has 76 heavy (non-hydrogen) atoms. The maximum Gasteiger partial charge on any atom is 0.471 e. The number of pyridine rings is 4. The maximum absolute atomic E-state index is 13.3. The van der Waals surface area contributed by atoms with Gasteiger partial charge < -0.3 is 74.8 Å². The molecule has 0 saturated carbocycles. The van der Waals surface area contributed by atoms with Gasteiger partial charge in [0.25, 0.3) is 18.9 Å². The zero-order valence-electron chi connectivity index (χ0n) is 40.7. The Balaban J connectivity index is 0.000000167. The largest absolute Gasteiger partial charge is 0.756 e. The minimum absolute atomic E-state index is 0.0177. The van der Waals surface area contributed by atoms with Crippen LogP contribution in [0.3, 0.4) is 0 Å². The summed E-state index contributed by atoms with van der Waals surface area (Å²) in [5.74, 6) is -2.65. The van der Waals surface area contributed by atoms with Gasteiger partial charge in [-0.2, -0.15) is 0 Å². The Morgan fingerprint density at radius 2 is 1.22 bits per heavy atom. The van der Waals surface area contributed by atoms with Crippen molar-refractivity contribution in [1.82, 2.24) is 19.1 Å². The molecule has 8 heterocycles. The van der Waals surface area contributed by atoms with E-state index in [1.54, 1.807) is 35.1 Å². The van der Waals surface area contributed by atoms with E-state index in [2.05, 4.69) is 19.8 Å². The average Bonchev–Trinajstić information content (AvgIpc) is 3.92. The van der Waals surface area contributed by atoms with E-state index < -0.39 is 64.4 Å². The van der Waals surface area contributed by atoms with Gasteiger partial charge >= 0.3 is 19.8 Å². The number of hydrogen-bond acceptors (Lipinski definition) is 18. The Labute approximate surface area is 430 Å². The van der Waals surface area contributed by atoms with E-state index in [9.17, 15) is 43.1 Å². The standard InChI is InChI=1S/2C21H19N2O8P.C6H14N4O2/c2*1-2-21(30-11-31-32(26,27)28)15-8-17-18-13(7-12-5-3-4-6-16(12)22-18)9-23(17)19(24)14(15)10-29-20(21)25;7-4(5(11)12)2-1-3-10-6(8)9/h2*3-8H,2,9-11H2,1H3,(H2,26,27,28);4H,1-3,7H2,(H,11,12)(H4,8,9,10)/p-1/t2*21-;/m00./s1. The van der Waals surface area contributed by atoms with Crippen molar-refractivity contribution in [2.24, 2.45) is 16.5 Å². The fourth-order valence-electron chi connectivity index (χ4n) is 9.36. The summed E-state index contributed by atoms with van der Waals surface area (Å²) in [5.41, 5.74) is 16.0. The van der Waals surface area contributed by atoms with Crippen LogP contribution in [0.1, 0.15) is 72.9 Å². The second kappa shape index (κ2) is 21.9. The highest BCUT2D eigenvalue weighted by atomic mass is 31.2. The first kappa shape index (κ1) is 55.2. The van der Waals surface area contributed by atoms with Gasteiger partial charge in [0.05, 0.1) is 64.0 Å². The molecule has 10 rings (SSSR count). The number of aromatic nitrogens is 4. The third kappa shape index (κ3) is 11.1. The number of carbonyl (C=O) groups is 3. The van der Waals surface area contributed by atoms with E-state index in [1.807, 2.05) is 60.7 Å². The maximum atomic E-state index is 13.3. The van der Waals surface area contributed by atoms with Crippen LogP contribution in [-0.2, 0) is 89.0 Å². The van der Waals surface area contributed by atoms with Gasteiger partial charge in [-0.1, -0.05) is 50.2 Å². The number of fused-ring (bicyclic) bond motifs is 10. The third-order valence-electron chi connectivity index (χ3n) is 13.2. The number of esters is 2. The number of benzene rings is 2. The zero-order chi connectivity index (χ0) is 54.9. The minimum atomic E-state index is -5.07. The zero-order valence-corrected chi connectivity index (χ0v) is 42.5. The molecule has 10 N–H and O–H groups in total. The number of phosphoric acid groups is 2. The SMILES string of the molecule is CC[C@@]1(OCOP(=O)(O)O)C(=O)OCc2c1cc1n(c2=O)Cc2cc3ccccc3nc2-1.CC[C@@]1(OCOP(=O)([O-])O)C(=O)OCc2c1cc1n(c2=O)Cc2cc3ccccc3nc2-1.NC(N)=NCCCC([NH3+])C(=O)[O-]. The molecule has 0 radical (unpaired) electrons. The molecule has 0 saturated heterocycles. The van der Waals surface area contributed by atoms with Crippen molar-refractivity contribution in [3.63, 3.8) is 0 Å². The number of carboxylic acids is 1. The number of cyclic esters (lactones) is 2. The molecule has 2 unspecified atom stereocenters. The van der Waals surface area contributed by atoms with Crippen LogP contribution in [0.25, 0.3) is 44.6 Å². The number of ether oxygens (including phenoxy) is 4. The molecule has 4 atom stereocenters. The summed E-state index contributed by atoms with van der Waals surface area (Å²) in [6, 6.07) is 21.9. The first-order valence-corrected chi connectivity index (χ1v) is 26.5. The molecule has 28 heteroatoms. The number of aliphatic imine (C=N–C) groups is 1. The normalized spacial score (nSPS) is 18.9. The predicted molar refractivity (Wildman–Crippen MR) is 262 cm³/mol. The van der Waals surface area contributed by atoms with E-state index in [0.717, 1.165) is 32.9 Å². The van der Waals surface area contributed by atoms with Crippen LogP contribution in [0.2, 0.25) is 0 Å². The monoisotopic (exact) mass is 1090 g/mol. The van der Waals surface area contributed by atoms with Crippen LogP contribution >= 0.6 is 15.6 Å². The molecular weight excluding hydrogens is 1040 g/mol. The lowest BCUT2D eigenvalue weighted by molar-refractivity contribution is -0.438. The second-order valence-corrected chi connectivity index (χ2v) is 20.2. The number of guanidine groups is 1. The van der Waals surface area contributed by atoms with E-state index in [0.29, 0.717) is 60.8 Å². The number of carbonyl (C=O) groups excluding carboxylic acids is 3. The number of hydrogen-bond donors (Lipinski definition) is 6. The molecule has 2 aromatic carbocycles. The van der Waals surface area contributed by atoms with Gasteiger partial charge in [-0.25, -0.2) is 24.1 Å². The lowest BCUT2D eigenvalue weighted by Crippen LogP contribution is -2.68. The van der Waals surface area contributed by atoms with Crippen molar-refractivity contribution in [2.75, 3.05) is 20.1 Å². The summed E-state index contributed by atoms with van der Waals surface area (Å²) in [6.45, 7) is 2.16. The number of nitrogens with two attached hydrogens (primary N) is 2.